The van der Waals surface area contributed by atoms with Gasteiger partial charge in [-0.25, -0.2) is 0 Å². The second kappa shape index (κ2) is 7.70. The number of nitrogens with zero attached hydrogens (tertiary/aromatic N) is 2. The van der Waals surface area contributed by atoms with Gasteiger partial charge in [-0.3, -0.25) is 9.59 Å². The number of rotatable bonds is 3. The molecule has 1 aliphatic heterocycles. The van der Waals surface area contributed by atoms with E-state index in [2.05, 4.69) is 6.92 Å². The lowest BCUT2D eigenvalue weighted by Crippen LogP contribution is -2.50. The number of piperazine rings is 1. The minimum absolute atomic E-state index is 0.0175. The summed E-state index contributed by atoms with van der Waals surface area (Å²) in [7, 11) is 0. The Morgan fingerprint density at radius 2 is 1.20 bits per heavy atom. The van der Waals surface area contributed by atoms with Crippen LogP contribution in [0.25, 0.3) is 0 Å². The van der Waals surface area contributed by atoms with Crippen molar-refractivity contribution in [1.82, 2.24) is 9.80 Å². The third kappa shape index (κ3) is 4.02. The first kappa shape index (κ1) is 17.5. The van der Waals surface area contributed by atoms with Crippen LogP contribution in [-0.2, 0) is 6.42 Å². The quantitative estimate of drug-likeness (QED) is 0.844. The van der Waals surface area contributed by atoms with Crippen LogP contribution >= 0.6 is 11.6 Å². The molecule has 25 heavy (non-hydrogen) atoms. The molecule has 0 N–H and O–H groups in total. The van der Waals surface area contributed by atoms with E-state index >= 15 is 0 Å². The van der Waals surface area contributed by atoms with Gasteiger partial charge in [-0.2, -0.15) is 0 Å². The monoisotopic (exact) mass is 356 g/mol. The number of aryl methyl sites for hydroxylation is 1. The van der Waals surface area contributed by atoms with E-state index in [1.54, 1.807) is 29.2 Å². The van der Waals surface area contributed by atoms with Gasteiger partial charge >= 0.3 is 0 Å². The molecule has 2 amide bonds. The van der Waals surface area contributed by atoms with Crippen molar-refractivity contribution >= 4 is 23.4 Å². The largest absolute Gasteiger partial charge is 0.335 e. The van der Waals surface area contributed by atoms with Gasteiger partial charge in [0.15, 0.2) is 0 Å². The van der Waals surface area contributed by atoms with E-state index < -0.39 is 0 Å². The number of carbonyl (C=O) groups excluding carboxylic acids is 2. The highest BCUT2D eigenvalue weighted by molar-refractivity contribution is 6.30. The fraction of sp³-hybridized carbons (Fsp3) is 0.300. The van der Waals surface area contributed by atoms with E-state index in [0.717, 1.165) is 6.42 Å². The van der Waals surface area contributed by atoms with Crippen LogP contribution < -0.4 is 0 Å². The molecule has 5 heteroatoms. The van der Waals surface area contributed by atoms with Crippen LogP contribution in [0.1, 0.15) is 33.2 Å². The maximum absolute atomic E-state index is 12.6. The summed E-state index contributed by atoms with van der Waals surface area (Å²) in [6, 6.07) is 14.7. The summed E-state index contributed by atoms with van der Waals surface area (Å²) in [5.41, 5.74) is 2.55. The maximum atomic E-state index is 12.6. The van der Waals surface area contributed by atoms with Crippen molar-refractivity contribution in [2.45, 2.75) is 13.3 Å². The average molecular weight is 357 g/mol. The zero-order valence-electron chi connectivity index (χ0n) is 14.2. The number of halogens is 1. The molecule has 0 unspecified atom stereocenters. The molecule has 130 valence electrons. The lowest BCUT2D eigenvalue weighted by atomic mass is 10.1. The average Bonchev–Trinajstić information content (AvgIpc) is 2.67. The van der Waals surface area contributed by atoms with Crippen LogP contribution in [0.5, 0.6) is 0 Å². The molecule has 0 radical (unpaired) electrons. The molecule has 0 saturated carbocycles. The molecule has 1 heterocycles. The Morgan fingerprint density at radius 3 is 1.60 bits per heavy atom. The van der Waals surface area contributed by atoms with Crippen LogP contribution in [-0.4, -0.2) is 47.8 Å². The SMILES string of the molecule is CCc1ccc(C(=O)N2CCN(C(=O)c3ccc(Cl)cc3)CC2)cc1. The Hall–Kier alpha value is -2.33. The highest BCUT2D eigenvalue weighted by Gasteiger charge is 2.25. The lowest BCUT2D eigenvalue weighted by Gasteiger charge is -2.35. The molecule has 0 aliphatic carbocycles. The summed E-state index contributed by atoms with van der Waals surface area (Å²) in [4.78, 5) is 28.7. The van der Waals surface area contributed by atoms with Crippen LogP contribution in [0.2, 0.25) is 5.02 Å². The second-order valence-electron chi connectivity index (χ2n) is 6.14. The van der Waals surface area contributed by atoms with Crippen molar-refractivity contribution in [2.24, 2.45) is 0 Å². The number of amides is 2. The zero-order valence-corrected chi connectivity index (χ0v) is 15.0. The first-order chi connectivity index (χ1) is 12.1. The molecule has 3 rings (SSSR count). The summed E-state index contributed by atoms with van der Waals surface area (Å²) in [6.07, 6.45) is 0.958. The van der Waals surface area contributed by atoms with Crippen LogP contribution in [0, 0.1) is 0 Å². The molecule has 2 aromatic rings. The van der Waals surface area contributed by atoms with Crippen molar-refractivity contribution in [3.05, 3.63) is 70.2 Å². The summed E-state index contributed by atoms with van der Waals surface area (Å²) in [6.45, 7) is 4.27. The van der Waals surface area contributed by atoms with E-state index in [1.807, 2.05) is 29.2 Å². The number of hydrogen-bond donors (Lipinski definition) is 0. The van der Waals surface area contributed by atoms with Gasteiger partial charge in [0.05, 0.1) is 0 Å². The highest BCUT2D eigenvalue weighted by atomic mass is 35.5. The first-order valence-corrected chi connectivity index (χ1v) is 8.89. The first-order valence-electron chi connectivity index (χ1n) is 8.51. The van der Waals surface area contributed by atoms with Gasteiger partial charge in [0.2, 0.25) is 0 Å². The Morgan fingerprint density at radius 1 is 0.800 bits per heavy atom. The molecular weight excluding hydrogens is 336 g/mol. The molecular formula is C20H21ClN2O2. The van der Waals surface area contributed by atoms with Crippen molar-refractivity contribution in [1.29, 1.82) is 0 Å². The summed E-state index contributed by atoms with van der Waals surface area (Å²) >= 11 is 5.86. The van der Waals surface area contributed by atoms with Gasteiger partial charge in [-0.1, -0.05) is 30.7 Å². The van der Waals surface area contributed by atoms with E-state index in [9.17, 15) is 9.59 Å². The molecule has 0 bridgehead atoms. The molecule has 0 spiro atoms. The topological polar surface area (TPSA) is 40.6 Å². The fourth-order valence-electron chi connectivity index (χ4n) is 2.95. The number of carbonyl (C=O) groups is 2. The molecule has 4 nitrogen and oxygen atoms in total. The fourth-order valence-corrected chi connectivity index (χ4v) is 3.08. The van der Waals surface area contributed by atoms with E-state index in [0.29, 0.717) is 42.3 Å². The molecule has 1 saturated heterocycles. The lowest BCUT2D eigenvalue weighted by molar-refractivity contribution is 0.0535. The third-order valence-electron chi connectivity index (χ3n) is 4.55. The Labute approximate surface area is 153 Å². The predicted molar refractivity (Wildman–Crippen MR) is 99.1 cm³/mol. The normalized spacial score (nSPS) is 14.5. The standard InChI is InChI=1S/C20H21ClN2O2/c1-2-15-3-5-16(6-4-15)19(24)22-11-13-23(14-12-22)20(25)17-7-9-18(21)10-8-17/h3-10H,2,11-14H2,1H3. The molecule has 0 aromatic heterocycles. The van der Waals surface area contributed by atoms with Gasteiger partial charge in [0.1, 0.15) is 0 Å². The highest BCUT2D eigenvalue weighted by Crippen LogP contribution is 2.15. The zero-order chi connectivity index (χ0) is 17.8. The maximum Gasteiger partial charge on any atom is 0.253 e. The second-order valence-corrected chi connectivity index (χ2v) is 6.58. The molecule has 1 fully saturated rings. The Kier molecular flexibility index (Phi) is 5.39. The molecule has 1 aliphatic rings. The van der Waals surface area contributed by atoms with Crippen LogP contribution in [0.3, 0.4) is 0 Å². The van der Waals surface area contributed by atoms with Gasteiger partial charge in [0, 0.05) is 42.3 Å². The minimum Gasteiger partial charge on any atom is -0.335 e. The van der Waals surface area contributed by atoms with Gasteiger partial charge in [0.25, 0.3) is 11.8 Å². The van der Waals surface area contributed by atoms with Crippen LogP contribution in [0.4, 0.5) is 0 Å². The number of benzene rings is 2. The Bertz CT molecular complexity index is 748. The van der Waals surface area contributed by atoms with E-state index in [1.165, 1.54) is 5.56 Å². The van der Waals surface area contributed by atoms with E-state index in [-0.39, 0.29) is 11.8 Å². The molecule has 2 aromatic carbocycles. The Balaban J connectivity index is 1.60. The smallest absolute Gasteiger partial charge is 0.253 e. The van der Waals surface area contributed by atoms with E-state index in [4.69, 9.17) is 11.6 Å². The summed E-state index contributed by atoms with van der Waals surface area (Å²) in [5, 5.41) is 0.612. The van der Waals surface area contributed by atoms with Crippen molar-refractivity contribution in [3.63, 3.8) is 0 Å². The van der Waals surface area contributed by atoms with Gasteiger partial charge in [-0.15, -0.1) is 0 Å². The summed E-state index contributed by atoms with van der Waals surface area (Å²) in [5.74, 6) is 0.0114. The predicted octanol–water partition coefficient (Wildman–Crippen LogP) is 3.50. The summed E-state index contributed by atoms with van der Waals surface area (Å²) < 4.78 is 0. The number of hydrogen-bond acceptors (Lipinski definition) is 2. The minimum atomic E-state index is -0.0175. The van der Waals surface area contributed by atoms with Gasteiger partial charge < -0.3 is 9.80 Å². The molecule has 0 atom stereocenters. The van der Waals surface area contributed by atoms with Crippen molar-refractivity contribution in [2.75, 3.05) is 26.2 Å². The van der Waals surface area contributed by atoms with Crippen LogP contribution in [0.15, 0.2) is 48.5 Å². The third-order valence-corrected chi connectivity index (χ3v) is 4.81. The van der Waals surface area contributed by atoms with Gasteiger partial charge in [-0.05, 0) is 48.4 Å². The van der Waals surface area contributed by atoms with Crippen molar-refractivity contribution < 1.29 is 9.59 Å². The van der Waals surface area contributed by atoms with Crippen molar-refractivity contribution in [3.8, 4) is 0 Å².